The van der Waals surface area contributed by atoms with Gasteiger partial charge in [0.15, 0.2) is 17.3 Å². The van der Waals surface area contributed by atoms with Crippen molar-refractivity contribution < 1.29 is 0 Å². The zero-order valence-electron chi connectivity index (χ0n) is 59.2. The first-order chi connectivity index (χ1) is 51.9. The van der Waals surface area contributed by atoms with E-state index < -0.39 is 0 Å². The molecule has 0 fully saturated rings. The Morgan fingerprint density at radius 2 is 0.547 bits per heavy atom. The quantitative estimate of drug-likeness (QED) is 0.114. The van der Waals surface area contributed by atoms with Gasteiger partial charge in [0.25, 0.3) is 0 Å². The molecule has 0 atom stereocenters. The summed E-state index contributed by atoms with van der Waals surface area (Å²) in [6.45, 7) is 16.6. The average Bonchev–Trinajstić information content (AvgIpc) is 1.58. The molecule has 0 amide bonds. The molecule has 6 heteroatoms. The van der Waals surface area contributed by atoms with Crippen LogP contribution in [0.5, 0.6) is 0 Å². The van der Waals surface area contributed by atoms with Crippen LogP contribution >= 0.6 is 0 Å². The topological polar surface area (TPSA) is 79.7 Å². The van der Waals surface area contributed by atoms with Gasteiger partial charge in [-0.2, -0.15) is 5.26 Å². The highest BCUT2D eigenvalue weighted by molar-refractivity contribution is 5.89. The van der Waals surface area contributed by atoms with Gasteiger partial charge in [0.1, 0.15) is 0 Å². The summed E-state index contributed by atoms with van der Waals surface area (Å²) in [5, 5.41) is 9.55. The van der Waals surface area contributed by atoms with E-state index in [4.69, 9.17) is 26.5 Å². The van der Waals surface area contributed by atoms with Crippen LogP contribution in [0.1, 0.15) is 55.5 Å². The first-order valence-electron chi connectivity index (χ1n) is 35.9. The second-order valence-corrected chi connectivity index (χ2v) is 28.4. The zero-order valence-corrected chi connectivity index (χ0v) is 59.2. The van der Waals surface area contributed by atoms with Crippen molar-refractivity contribution in [1.29, 1.82) is 5.26 Å². The lowest BCUT2D eigenvalue weighted by molar-refractivity contribution is 0.660. The van der Waals surface area contributed by atoms with E-state index in [1.165, 1.54) is 66.8 Å². The van der Waals surface area contributed by atoms with E-state index in [0.29, 0.717) is 22.9 Å². The number of fused-ring (bicyclic) bond motifs is 6. The molecule has 6 nitrogen and oxygen atoms in total. The minimum absolute atomic E-state index is 0.155. The van der Waals surface area contributed by atoms with E-state index in [1.54, 1.807) is 0 Å². The Kier molecular flexibility index (Phi) is 17.0. The molecule has 500 valence electrons. The zero-order chi connectivity index (χ0) is 71.9. The van der Waals surface area contributed by atoms with Crippen molar-refractivity contribution in [3.05, 3.63) is 391 Å². The van der Waals surface area contributed by atoms with Gasteiger partial charge in [0, 0.05) is 44.2 Å². The van der Waals surface area contributed by atoms with Gasteiger partial charge in [-0.3, -0.25) is 0 Å². The molecule has 2 aliphatic rings. The number of nitriles is 1. The van der Waals surface area contributed by atoms with E-state index in [-0.39, 0.29) is 10.8 Å². The van der Waals surface area contributed by atoms with Crippen LogP contribution in [0.4, 0.5) is 5.69 Å². The van der Waals surface area contributed by atoms with Gasteiger partial charge >= 0.3 is 0 Å². The molecule has 0 radical (unpaired) electrons. The summed E-state index contributed by atoms with van der Waals surface area (Å²) in [4.78, 5) is 24.1. The van der Waals surface area contributed by atoms with Crippen LogP contribution in [0.25, 0.3) is 162 Å². The summed E-state index contributed by atoms with van der Waals surface area (Å²) >= 11 is 0. The van der Waals surface area contributed by atoms with E-state index in [1.807, 2.05) is 66.7 Å². The Hall–Kier alpha value is -13.8. The molecule has 0 saturated carbocycles. The first-order valence-corrected chi connectivity index (χ1v) is 35.9. The number of hydrogen-bond donors (Lipinski definition) is 0. The van der Waals surface area contributed by atoms with Crippen molar-refractivity contribution in [1.82, 2.24) is 19.9 Å². The Morgan fingerprint density at radius 1 is 0.245 bits per heavy atom. The van der Waals surface area contributed by atoms with Gasteiger partial charge in [0.2, 0.25) is 0 Å². The summed E-state index contributed by atoms with van der Waals surface area (Å²) in [6, 6.07) is 126. The maximum Gasteiger partial charge on any atom is 0.187 e. The van der Waals surface area contributed by atoms with Crippen LogP contribution in [0.2, 0.25) is 0 Å². The molecule has 2 aliphatic carbocycles. The predicted octanol–water partition coefficient (Wildman–Crippen LogP) is 26.0. The molecule has 0 aliphatic heterocycles. The van der Waals surface area contributed by atoms with Crippen LogP contribution in [0.3, 0.4) is 0 Å². The smallest absolute Gasteiger partial charge is 0.187 e. The maximum absolute atomic E-state index is 9.55. The monoisotopic (exact) mass is 1350 g/mol. The van der Waals surface area contributed by atoms with Gasteiger partial charge < -0.3 is 0 Å². The van der Waals surface area contributed by atoms with E-state index in [2.05, 4.69) is 324 Å². The van der Waals surface area contributed by atoms with Crippen molar-refractivity contribution in [3.63, 3.8) is 0 Å². The molecule has 0 N–H and O–H groups in total. The molecule has 0 unspecified atom stereocenters. The highest BCUT2D eigenvalue weighted by Crippen LogP contribution is 2.52. The molecule has 0 spiro atoms. The summed E-state index contributed by atoms with van der Waals surface area (Å²) < 4.78 is 0. The molecule has 0 saturated heterocycles. The van der Waals surface area contributed by atoms with Crippen LogP contribution < -0.4 is 0 Å². The van der Waals surface area contributed by atoms with E-state index >= 15 is 0 Å². The molecule has 14 aromatic carbocycles. The van der Waals surface area contributed by atoms with Crippen molar-refractivity contribution in [2.24, 2.45) is 0 Å². The number of nitrogens with zero attached hydrogens (tertiary/aromatic N) is 6. The third-order valence-corrected chi connectivity index (χ3v) is 21.0. The Labute approximate surface area is 619 Å². The highest BCUT2D eigenvalue weighted by Gasteiger charge is 2.37. The third kappa shape index (κ3) is 12.7. The van der Waals surface area contributed by atoms with Gasteiger partial charge in [0.05, 0.1) is 41.0 Å². The molecule has 16 aromatic rings. The second-order valence-electron chi connectivity index (χ2n) is 28.4. The SMILES string of the molecule is CC1(C)c2cc(C#N)ccc2-c2ccc(-c3cccc(-c4cccc(-c5cc(-c6ccccc6)nc(-c6ccc(-c7ccccc7)cc6)n5)c4)c3)cc21.[C-]#[N+]c1ccc2c(c1)C(C)(C)c1ccc(-c3cccc(-c4cccc(-c5cc(-c6cccc(-c7ccccc7)c6)nc(-c6ccccc6)n5)c4)c3)cc1-2. The summed E-state index contributed by atoms with van der Waals surface area (Å²) in [7, 11) is 0. The molecule has 18 rings (SSSR count). The Morgan fingerprint density at radius 3 is 1.03 bits per heavy atom. The Balaban J connectivity index is 0.000000156. The standard InChI is InChI=1S/2C50H35N3/c1-50(2)45-26-23-39(30-44(45)43-25-24-42(51-3)31-46(43)50)37-19-10-18-36(27-37)38-20-12-22-41(29-38)48-32-47(52-49(53-48)34-15-8-5-9-16-34)40-21-11-17-35(28-40)33-13-6-4-7-14-33;1-50(2)45-27-33(32-51)19-25-43(45)44-26-24-41(30-46(44)50)39-16-9-15-38(28-39)40-17-10-18-42(29-40)48-31-47(36-13-7-4-8-14-36)52-49(53-48)37-22-20-35(21-23-37)34-11-5-3-6-12-34/h4-32H,1-2H3;3-31H,1-2H3. The van der Waals surface area contributed by atoms with Crippen molar-refractivity contribution >= 4 is 5.69 Å². The van der Waals surface area contributed by atoms with Gasteiger partial charge in [-0.25, -0.2) is 24.8 Å². The maximum atomic E-state index is 9.55. The van der Waals surface area contributed by atoms with Crippen LogP contribution in [-0.4, -0.2) is 19.9 Å². The lowest BCUT2D eigenvalue weighted by Gasteiger charge is -2.22. The van der Waals surface area contributed by atoms with E-state index in [0.717, 1.165) is 101 Å². The van der Waals surface area contributed by atoms with E-state index in [9.17, 15) is 5.26 Å². The van der Waals surface area contributed by atoms with Crippen molar-refractivity contribution in [3.8, 4) is 163 Å². The predicted molar refractivity (Wildman–Crippen MR) is 435 cm³/mol. The van der Waals surface area contributed by atoms with Crippen LogP contribution in [0.15, 0.2) is 352 Å². The molecular weight excluding hydrogens is 1290 g/mol. The minimum atomic E-state index is -0.196. The van der Waals surface area contributed by atoms with Gasteiger partial charge in [-0.05, 0) is 178 Å². The highest BCUT2D eigenvalue weighted by atomic mass is 14.9. The van der Waals surface area contributed by atoms with Crippen LogP contribution in [-0.2, 0) is 10.8 Å². The summed E-state index contributed by atoms with van der Waals surface area (Å²) in [6.07, 6.45) is 0. The summed E-state index contributed by atoms with van der Waals surface area (Å²) in [5.74, 6) is 1.39. The number of rotatable bonds is 12. The largest absolute Gasteiger partial charge is 0.238 e. The molecule has 106 heavy (non-hydrogen) atoms. The van der Waals surface area contributed by atoms with Gasteiger partial charge in [-0.1, -0.05) is 313 Å². The number of aromatic nitrogens is 4. The third-order valence-electron chi connectivity index (χ3n) is 21.0. The van der Waals surface area contributed by atoms with Gasteiger partial charge in [-0.15, -0.1) is 0 Å². The molecule has 2 aromatic heterocycles. The number of benzene rings is 14. The lowest BCUT2D eigenvalue weighted by Crippen LogP contribution is -2.15. The molecule has 2 heterocycles. The lowest BCUT2D eigenvalue weighted by atomic mass is 9.81. The minimum Gasteiger partial charge on any atom is -0.238 e. The van der Waals surface area contributed by atoms with Crippen molar-refractivity contribution in [2.45, 2.75) is 38.5 Å². The second kappa shape index (κ2) is 27.5. The fourth-order valence-corrected chi connectivity index (χ4v) is 15.3. The fraction of sp³-hybridized carbons (Fsp3) is 0.0600. The summed E-state index contributed by atoms with van der Waals surface area (Å²) in [5.41, 5.74) is 34.4. The first kappa shape index (κ1) is 65.5. The molecule has 0 bridgehead atoms. The Bertz CT molecular complexity index is 6140. The van der Waals surface area contributed by atoms with Crippen molar-refractivity contribution in [2.75, 3.05) is 0 Å². The fourth-order valence-electron chi connectivity index (χ4n) is 15.3. The van der Waals surface area contributed by atoms with Crippen LogP contribution in [0, 0.1) is 17.9 Å². The average molecular weight is 1360 g/mol. The molecular formula is C100H70N6. The normalized spacial score (nSPS) is 12.5. The number of hydrogen-bond acceptors (Lipinski definition) is 5.